The van der Waals surface area contributed by atoms with E-state index in [4.69, 9.17) is 4.74 Å². The fourth-order valence-corrected chi connectivity index (χ4v) is 2.83. The lowest BCUT2D eigenvalue weighted by molar-refractivity contribution is 0.183. The van der Waals surface area contributed by atoms with Crippen LogP contribution in [-0.4, -0.2) is 26.3 Å². The number of ether oxygens (including phenoxy) is 1. The normalized spacial score (nSPS) is 11.7. The van der Waals surface area contributed by atoms with E-state index in [0.717, 1.165) is 10.7 Å². The molecule has 0 saturated carbocycles. The lowest BCUT2D eigenvalue weighted by Crippen LogP contribution is -2.14. The molecular weight excluding hydrogens is 288 g/mol. The number of rotatable bonds is 4. The Morgan fingerprint density at radius 3 is 3.00 bits per heavy atom. The molecule has 0 radical (unpaired) electrons. The average Bonchev–Trinajstić information content (AvgIpc) is 3.03. The lowest BCUT2D eigenvalue weighted by Gasteiger charge is -1.96. The molecule has 0 aliphatic carbocycles. The summed E-state index contributed by atoms with van der Waals surface area (Å²) in [6, 6.07) is 5.43. The molecule has 3 aromatic heterocycles. The van der Waals surface area contributed by atoms with Gasteiger partial charge in [0.2, 0.25) is 4.96 Å². The van der Waals surface area contributed by atoms with Gasteiger partial charge in [0.25, 0.3) is 5.56 Å². The van der Waals surface area contributed by atoms with Gasteiger partial charge in [-0.2, -0.15) is 9.61 Å². The average molecular weight is 302 g/mol. The molecule has 0 N–H and O–H groups in total. The zero-order chi connectivity index (χ0) is 14.8. The first-order valence-electron chi connectivity index (χ1n) is 6.35. The second-order valence-electron chi connectivity index (χ2n) is 4.52. The van der Waals surface area contributed by atoms with Gasteiger partial charge in [-0.25, -0.2) is 4.98 Å². The number of aromatic nitrogens is 4. The van der Waals surface area contributed by atoms with E-state index in [-0.39, 0.29) is 5.56 Å². The van der Waals surface area contributed by atoms with Crippen molar-refractivity contribution in [3.63, 3.8) is 0 Å². The van der Waals surface area contributed by atoms with Gasteiger partial charge in [0, 0.05) is 32.1 Å². The standard InChI is InChI=1S/C14H14N4O2S/c1-17-7-3-4-11(17)6-5-10-8-13(19)18-14(15-10)21-12(16-18)9-20-2/h3-8H,9H2,1-2H3/b6-5+. The highest BCUT2D eigenvalue weighted by molar-refractivity contribution is 7.16. The Morgan fingerprint density at radius 2 is 2.29 bits per heavy atom. The molecule has 6 nitrogen and oxygen atoms in total. The van der Waals surface area contributed by atoms with E-state index in [1.165, 1.54) is 21.9 Å². The minimum atomic E-state index is -0.190. The van der Waals surface area contributed by atoms with Gasteiger partial charge in [0.05, 0.1) is 12.3 Å². The van der Waals surface area contributed by atoms with E-state index >= 15 is 0 Å². The second kappa shape index (κ2) is 5.63. The van der Waals surface area contributed by atoms with Crippen LogP contribution in [0.25, 0.3) is 17.1 Å². The monoisotopic (exact) mass is 302 g/mol. The highest BCUT2D eigenvalue weighted by Gasteiger charge is 2.07. The number of methoxy groups -OCH3 is 1. The third-order valence-electron chi connectivity index (χ3n) is 2.98. The molecule has 3 aromatic rings. The molecule has 0 unspecified atom stereocenters. The fourth-order valence-electron chi connectivity index (χ4n) is 1.95. The molecule has 0 bridgehead atoms. The van der Waals surface area contributed by atoms with Crippen molar-refractivity contribution < 1.29 is 4.74 Å². The van der Waals surface area contributed by atoms with E-state index in [9.17, 15) is 4.79 Å². The first kappa shape index (κ1) is 13.7. The molecule has 3 heterocycles. The molecule has 0 fully saturated rings. The van der Waals surface area contributed by atoms with Crippen molar-refractivity contribution >= 4 is 28.4 Å². The molecule has 21 heavy (non-hydrogen) atoms. The molecule has 0 aliphatic heterocycles. The summed E-state index contributed by atoms with van der Waals surface area (Å²) in [5.74, 6) is 0. The maximum absolute atomic E-state index is 12.0. The first-order chi connectivity index (χ1) is 10.2. The van der Waals surface area contributed by atoms with E-state index in [1.54, 1.807) is 7.11 Å². The summed E-state index contributed by atoms with van der Waals surface area (Å²) >= 11 is 1.35. The minimum Gasteiger partial charge on any atom is -0.377 e. The van der Waals surface area contributed by atoms with Gasteiger partial charge in [-0.1, -0.05) is 11.3 Å². The Balaban J connectivity index is 1.98. The largest absolute Gasteiger partial charge is 0.377 e. The molecule has 7 heteroatoms. The third kappa shape index (κ3) is 2.79. The van der Waals surface area contributed by atoms with Crippen LogP contribution >= 0.6 is 11.3 Å². The predicted molar refractivity (Wildman–Crippen MR) is 82.2 cm³/mol. The topological polar surface area (TPSA) is 61.4 Å². The van der Waals surface area contributed by atoms with Crippen molar-refractivity contribution in [2.24, 2.45) is 7.05 Å². The quantitative estimate of drug-likeness (QED) is 0.737. The number of hydrogen-bond donors (Lipinski definition) is 0. The molecule has 3 rings (SSSR count). The minimum absolute atomic E-state index is 0.190. The van der Waals surface area contributed by atoms with Crippen molar-refractivity contribution in [2.75, 3.05) is 7.11 Å². The van der Waals surface area contributed by atoms with Crippen molar-refractivity contribution in [1.29, 1.82) is 0 Å². The maximum Gasteiger partial charge on any atom is 0.275 e. The van der Waals surface area contributed by atoms with E-state index in [0.29, 0.717) is 17.3 Å². The third-order valence-corrected chi connectivity index (χ3v) is 3.87. The summed E-state index contributed by atoms with van der Waals surface area (Å²) in [5.41, 5.74) is 1.47. The van der Waals surface area contributed by atoms with Crippen molar-refractivity contribution in [2.45, 2.75) is 6.61 Å². The number of fused-ring (bicyclic) bond motifs is 1. The zero-order valence-electron chi connectivity index (χ0n) is 11.7. The fraction of sp³-hybridized carbons (Fsp3) is 0.214. The van der Waals surface area contributed by atoms with Gasteiger partial charge in [0.15, 0.2) is 0 Å². The first-order valence-corrected chi connectivity index (χ1v) is 7.17. The molecule has 0 spiro atoms. The smallest absolute Gasteiger partial charge is 0.275 e. The Hall–Kier alpha value is -2.25. The summed E-state index contributed by atoms with van der Waals surface area (Å²) in [4.78, 5) is 17.0. The van der Waals surface area contributed by atoms with Gasteiger partial charge < -0.3 is 9.30 Å². The highest BCUT2D eigenvalue weighted by atomic mass is 32.1. The number of nitrogens with zero attached hydrogens (tertiary/aromatic N) is 4. The molecule has 108 valence electrons. The van der Waals surface area contributed by atoms with Crippen LogP contribution in [0, 0.1) is 0 Å². The Bertz CT molecular complexity index is 859. The summed E-state index contributed by atoms with van der Waals surface area (Å²) in [5, 5.41) is 4.90. The van der Waals surface area contributed by atoms with Crippen LogP contribution in [0.15, 0.2) is 29.2 Å². The summed E-state index contributed by atoms with van der Waals surface area (Å²) in [6.45, 7) is 0.377. The summed E-state index contributed by atoms with van der Waals surface area (Å²) < 4.78 is 8.32. The zero-order valence-corrected chi connectivity index (χ0v) is 12.5. The van der Waals surface area contributed by atoms with Crippen molar-refractivity contribution in [3.8, 4) is 0 Å². The van der Waals surface area contributed by atoms with Gasteiger partial charge in [-0.15, -0.1) is 0 Å². The van der Waals surface area contributed by atoms with Crippen molar-refractivity contribution in [1.82, 2.24) is 19.2 Å². The van der Waals surface area contributed by atoms with Crippen LogP contribution in [-0.2, 0) is 18.4 Å². The number of aryl methyl sites for hydroxylation is 1. The van der Waals surface area contributed by atoms with Crippen LogP contribution in [0.2, 0.25) is 0 Å². The highest BCUT2D eigenvalue weighted by Crippen LogP contribution is 2.13. The maximum atomic E-state index is 12.0. The second-order valence-corrected chi connectivity index (χ2v) is 5.56. The lowest BCUT2D eigenvalue weighted by atomic mass is 10.3. The summed E-state index contributed by atoms with van der Waals surface area (Å²) in [6.07, 6.45) is 5.72. The molecule has 0 atom stereocenters. The Kier molecular flexibility index (Phi) is 3.68. The SMILES string of the molecule is COCc1nn2c(=O)cc(/C=C/c3cccn3C)nc2s1. The summed E-state index contributed by atoms with van der Waals surface area (Å²) in [7, 11) is 3.56. The van der Waals surface area contributed by atoms with Gasteiger partial charge in [-0.3, -0.25) is 4.79 Å². The van der Waals surface area contributed by atoms with E-state index < -0.39 is 0 Å². The molecule has 0 aliphatic rings. The van der Waals surface area contributed by atoms with Gasteiger partial charge in [0.1, 0.15) is 5.01 Å². The molecule has 0 saturated heterocycles. The van der Waals surface area contributed by atoms with Crippen LogP contribution in [0.4, 0.5) is 0 Å². The van der Waals surface area contributed by atoms with Crippen LogP contribution in [0.3, 0.4) is 0 Å². The van der Waals surface area contributed by atoms with Crippen LogP contribution in [0.1, 0.15) is 16.4 Å². The Morgan fingerprint density at radius 1 is 1.43 bits per heavy atom. The Labute approximate surface area is 124 Å². The van der Waals surface area contributed by atoms with E-state index in [2.05, 4.69) is 10.1 Å². The van der Waals surface area contributed by atoms with Crippen LogP contribution < -0.4 is 5.56 Å². The predicted octanol–water partition coefficient (Wildman–Crippen LogP) is 1.81. The van der Waals surface area contributed by atoms with E-state index in [1.807, 2.05) is 42.1 Å². The van der Waals surface area contributed by atoms with Gasteiger partial charge in [-0.05, 0) is 24.3 Å². The van der Waals surface area contributed by atoms with Crippen LogP contribution in [0.5, 0.6) is 0 Å². The number of hydrogen-bond acceptors (Lipinski definition) is 5. The van der Waals surface area contributed by atoms with Crippen molar-refractivity contribution in [3.05, 3.63) is 51.1 Å². The molecule has 0 amide bonds. The van der Waals surface area contributed by atoms with Gasteiger partial charge >= 0.3 is 0 Å². The molecule has 0 aromatic carbocycles. The molecular formula is C14H14N4O2S.